The number of carbonyl (C=O) groups is 1. The second-order valence-corrected chi connectivity index (χ2v) is 10.2. The number of hydrogen-bond donors (Lipinski definition) is 1. The van der Waals surface area contributed by atoms with Gasteiger partial charge in [-0.15, -0.1) is 0 Å². The smallest absolute Gasteiger partial charge is 0.475 e. The lowest BCUT2D eigenvalue weighted by Crippen LogP contribution is -2.54. The number of fused-ring (bicyclic) bond motifs is 1. The molecular weight excluding hydrogens is 469 g/mol. The lowest BCUT2D eigenvalue weighted by atomic mass is 9.91. The summed E-state index contributed by atoms with van der Waals surface area (Å²) in [4.78, 5) is 11.3. The molecular formula is C21H22ClF3N2O4S. The van der Waals surface area contributed by atoms with Crippen molar-refractivity contribution in [2.45, 2.75) is 24.5 Å². The minimum Gasteiger partial charge on any atom is -0.475 e. The first-order valence-electron chi connectivity index (χ1n) is 9.76. The molecule has 0 spiro atoms. The molecule has 0 amide bonds. The Kier molecular flexibility index (Phi) is 7.49. The van der Waals surface area contributed by atoms with Gasteiger partial charge >= 0.3 is 12.1 Å². The Morgan fingerprint density at radius 1 is 1.03 bits per heavy atom. The van der Waals surface area contributed by atoms with E-state index in [1.165, 1.54) is 5.56 Å². The molecule has 6 nitrogen and oxygen atoms in total. The molecule has 2 atom stereocenters. The fourth-order valence-electron chi connectivity index (χ4n) is 3.86. The number of alkyl halides is 3. The van der Waals surface area contributed by atoms with E-state index in [2.05, 4.69) is 11.0 Å². The van der Waals surface area contributed by atoms with Crippen LogP contribution < -0.4 is 0 Å². The Labute approximate surface area is 189 Å². The van der Waals surface area contributed by atoms with Gasteiger partial charge in [0.2, 0.25) is 10.0 Å². The average molecular weight is 491 g/mol. The lowest BCUT2D eigenvalue weighted by molar-refractivity contribution is -0.192. The van der Waals surface area contributed by atoms with Gasteiger partial charge in [0.25, 0.3) is 0 Å². The van der Waals surface area contributed by atoms with Gasteiger partial charge in [-0.2, -0.15) is 17.5 Å². The fourth-order valence-corrected chi connectivity index (χ4v) is 5.67. The van der Waals surface area contributed by atoms with Crippen LogP contribution in [0.4, 0.5) is 13.2 Å². The number of carboxylic acid groups (broad SMARTS) is 1. The number of benzene rings is 2. The molecule has 0 saturated carbocycles. The third-order valence-electron chi connectivity index (χ3n) is 5.41. The van der Waals surface area contributed by atoms with Crippen molar-refractivity contribution < 1.29 is 31.5 Å². The second kappa shape index (κ2) is 9.78. The van der Waals surface area contributed by atoms with Crippen LogP contribution >= 0.6 is 11.6 Å². The van der Waals surface area contributed by atoms with Gasteiger partial charge < -0.3 is 5.11 Å². The Morgan fingerprint density at radius 2 is 1.66 bits per heavy atom. The van der Waals surface area contributed by atoms with Crippen molar-refractivity contribution >= 4 is 27.6 Å². The lowest BCUT2D eigenvalue weighted by Gasteiger charge is -2.43. The van der Waals surface area contributed by atoms with Crippen LogP contribution in [0.5, 0.6) is 0 Å². The van der Waals surface area contributed by atoms with Crippen LogP contribution in [0, 0.1) is 5.92 Å². The highest BCUT2D eigenvalue weighted by atomic mass is 35.5. The topological polar surface area (TPSA) is 77.9 Å². The first kappa shape index (κ1) is 24.5. The van der Waals surface area contributed by atoms with Gasteiger partial charge in [0.05, 0.1) is 5.75 Å². The van der Waals surface area contributed by atoms with Crippen LogP contribution in [-0.2, 0) is 27.1 Å². The summed E-state index contributed by atoms with van der Waals surface area (Å²) in [5.74, 6) is -2.22. The molecule has 2 saturated heterocycles. The highest BCUT2D eigenvalue weighted by Gasteiger charge is 2.48. The van der Waals surface area contributed by atoms with Gasteiger partial charge in [0.15, 0.2) is 0 Å². The maximum Gasteiger partial charge on any atom is 0.490 e. The van der Waals surface area contributed by atoms with Gasteiger partial charge in [-0.25, -0.2) is 13.2 Å². The van der Waals surface area contributed by atoms with Crippen LogP contribution in [-0.4, -0.2) is 60.6 Å². The van der Waals surface area contributed by atoms with Crippen molar-refractivity contribution in [2.24, 2.45) is 5.92 Å². The predicted molar refractivity (Wildman–Crippen MR) is 113 cm³/mol. The molecule has 32 heavy (non-hydrogen) atoms. The molecule has 0 bridgehead atoms. The minimum atomic E-state index is -5.08. The SMILES string of the molecule is O=C(O)C(F)(F)F.O=S(=O)(Cc1ccccc1)N1CC2CN(Cc3cccc(Cl)c3)C2C1. The molecule has 11 heteroatoms. The van der Waals surface area contributed by atoms with E-state index in [1.54, 1.807) is 4.31 Å². The third-order valence-corrected chi connectivity index (χ3v) is 7.43. The standard InChI is InChI=1S/C19H21ClN2O2S.C2HF3O2/c20-18-8-4-7-16(9-18)10-21-11-17-12-22(13-19(17)21)25(23,24)14-15-5-2-1-3-6-15;3-2(4,5)1(6)7/h1-9,17,19H,10-14H2;(H,6,7). The quantitative estimate of drug-likeness (QED) is 0.692. The molecule has 2 aliphatic rings. The molecule has 4 rings (SSSR count). The molecule has 2 fully saturated rings. The summed E-state index contributed by atoms with van der Waals surface area (Å²) in [5, 5.41) is 7.87. The average Bonchev–Trinajstić information content (AvgIpc) is 3.04. The molecule has 0 radical (unpaired) electrons. The highest BCUT2D eigenvalue weighted by Crippen LogP contribution is 2.35. The van der Waals surface area contributed by atoms with Crippen molar-refractivity contribution in [1.29, 1.82) is 0 Å². The number of likely N-dealkylation sites (tertiary alicyclic amines) is 1. The zero-order valence-electron chi connectivity index (χ0n) is 16.9. The van der Waals surface area contributed by atoms with Crippen LogP contribution in [0.3, 0.4) is 0 Å². The molecule has 2 aromatic carbocycles. The largest absolute Gasteiger partial charge is 0.490 e. The Bertz CT molecular complexity index is 1050. The van der Waals surface area contributed by atoms with E-state index in [4.69, 9.17) is 21.5 Å². The van der Waals surface area contributed by atoms with Crippen molar-refractivity contribution in [1.82, 2.24) is 9.21 Å². The van der Waals surface area contributed by atoms with Gasteiger partial charge in [-0.1, -0.05) is 54.1 Å². The first-order chi connectivity index (χ1) is 15.0. The van der Waals surface area contributed by atoms with Crippen molar-refractivity contribution in [3.8, 4) is 0 Å². The first-order valence-corrected chi connectivity index (χ1v) is 11.7. The number of nitrogens with zero attached hydrogens (tertiary/aromatic N) is 2. The summed E-state index contributed by atoms with van der Waals surface area (Å²) < 4.78 is 58.9. The number of aliphatic carboxylic acids is 1. The Hall–Kier alpha value is -2.14. The predicted octanol–water partition coefficient (Wildman–Crippen LogP) is 3.62. The minimum absolute atomic E-state index is 0.0849. The van der Waals surface area contributed by atoms with Crippen molar-refractivity contribution in [2.75, 3.05) is 19.6 Å². The number of carboxylic acids is 1. The summed E-state index contributed by atoms with van der Waals surface area (Å²) in [6, 6.07) is 17.6. The van der Waals surface area contributed by atoms with Crippen LogP contribution in [0.1, 0.15) is 11.1 Å². The highest BCUT2D eigenvalue weighted by molar-refractivity contribution is 7.88. The van der Waals surface area contributed by atoms with Crippen molar-refractivity contribution in [3.63, 3.8) is 0 Å². The van der Waals surface area contributed by atoms with Gasteiger partial charge in [-0.05, 0) is 23.3 Å². The summed E-state index contributed by atoms with van der Waals surface area (Å²) in [6.45, 7) is 3.02. The normalized spacial score (nSPS) is 21.2. The molecule has 174 valence electrons. The molecule has 2 aliphatic heterocycles. The fraction of sp³-hybridized carbons (Fsp3) is 0.381. The Morgan fingerprint density at radius 3 is 2.25 bits per heavy atom. The van der Waals surface area contributed by atoms with E-state index >= 15 is 0 Å². The number of hydrogen-bond acceptors (Lipinski definition) is 4. The summed E-state index contributed by atoms with van der Waals surface area (Å²) in [6.07, 6.45) is -5.08. The van der Waals surface area contributed by atoms with E-state index in [0.29, 0.717) is 25.0 Å². The van der Waals surface area contributed by atoms with Crippen LogP contribution in [0.25, 0.3) is 0 Å². The maximum atomic E-state index is 12.7. The Balaban J connectivity index is 0.000000360. The van der Waals surface area contributed by atoms with E-state index in [-0.39, 0.29) is 5.75 Å². The molecule has 2 unspecified atom stereocenters. The monoisotopic (exact) mass is 490 g/mol. The second-order valence-electron chi connectivity index (χ2n) is 7.75. The number of halogens is 4. The van der Waals surface area contributed by atoms with Gasteiger partial charge in [0.1, 0.15) is 0 Å². The summed E-state index contributed by atoms with van der Waals surface area (Å²) in [7, 11) is -3.26. The van der Waals surface area contributed by atoms with E-state index in [0.717, 1.165) is 23.7 Å². The maximum absolute atomic E-state index is 12.7. The summed E-state index contributed by atoms with van der Waals surface area (Å²) >= 11 is 6.05. The number of rotatable bonds is 5. The molecule has 2 aromatic rings. The third kappa shape index (κ3) is 6.22. The van der Waals surface area contributed by atoms with E-state index in [9.17, 15) is 21.6 Å². The molecule has 2 heterocycles. The number of sulfonamides is 1. The summed E-state index contributed by atoms with van der Waals surface area (Å²) in [5.41, 5.74) is 2.02. The van der Waals surface area contributed by atoms with E-state index < -0.39 is 22.2 Å². The molecule has 0 aromatic heterocycles. The molecule has 0 aliphatic carbocycles. The van der Waals surface area contributed by atoms with Crippen LogP contribution in [0.2, 0.25) is 5.02 Å². The zero-order valence-corrected chi connectivity index (χ0v) is 18.4. The van der Waals surface area contributed by atoms with Crippen molar-refractivity contribution in [3.05, 3.63) is 70.7 Å². The van der Waals surface area contributed by atoms with E-state index in [1.807, 2.05) is 48.5 Å². The van der Waals surface area contributed by atoms with Gasteiger partial charge in [-0.3, -0.25) is 4.90 Å². The van der Waals surface area contributed by atoms with Gasteiger partial charge in [0, 0.05) is 43.2 Å². The zero-order chi connectivity index (χ0) is 23.5. The molecule has 1 N–H and O–H groups in total. The van der Waals surface area contributed by atoms with Crippen LogP contribution in [0.15, 0.2) is 54.6 Å².